The second-order valence-corrected chi connectivity index (χ2v) is 2.80. The average Bonchev–Trinajstić information content (AvgIpc) is 1.80. The Hall–Kier alpha value is -0.198. The summed E-state index contributed by atoms with van der Waals surface area (Å²) in [7, 11) is 0. The maximum Gasteiger partial charge on any atom is 0.384 e. The fourth-order valence-corrected chi connectivity index (χ4v) is 0.921. The van der Waals surface area contributed by atoms with E-state index in [2.05, 4.69) is 16.5 Å². The molecule has 9 heavy (non-hydrogen) atoms. The molecule has 1 amide bonds. The molecule has 1 saturated heterocycles. The maximum atomic E-state index is 10.7. The van der Waals surface area contributed by atoms with Crippen molar-refractivity contribution in [3.63, 3.8) is 0 Å². The first kappa shape index (κ1) is 6.92. The lowest BCUT2D eigenvalue weighted by Gasteiger charge is -2.28. The molecule has 0 N–H and O–H groups in total. The molecule has 1 heterocycles. The fraction of sp³-hybridized carbons (Fsp3) is 0.800. The van der Waals surface area contributed by atoms with E-state index in [1.807, 2.05) is 6.92 Å². The van der Waals surface area contributed by atoms with Crippen molar-refractivity contribution in [3.05, 3.63) is 0 Å². The van der Waals surface area contributed by atoms with Crippen LogP contribution in [0.4, 0.5) is 4.79 Å². The summed E-state index contributed by atoms with van der Waals surface area (Å²) < 4.78 is 6.36. The Labute approximate surface area is 62.6 Å². The molecule has 1 unspecified atom stereocenters. The molecule has 1 aliphatic rings. The standard InChI is InChI=1S/C5H9NO2.Al/c1-4-2-3-6-5(7)8-4;/h4H,2-3H2,1H3,(H,6,7);/q;+1/p-1. The van der Waals surface area contributed by atoms with E-state index in [1.165, 1.54) is 3.88 Å². The Morgan fingerprint density at radius 3 is 3.00 bits per heavy atom. The number of hydrogen-bond acceptors (Lipinski definition) is 2. The molecule has 1 rings (SSSR count). The van der Waals surface area contributed by atoms with Gasteiger partial charge in [-0.2, -0.15) is 0 Å². The van der Waals surface area contributed by atoms with E-state index in [9.17, 15) is 4.79 Å². The van der Waals surface area contributed by atoms with Gasteiger partial charge in [0.25, 0.3) is 0 Å². The molecule has 0 aromatic carbocycles. The number of carbonyl (C=O) groups is 1. The summed E-state index contributed by atoms with van der Waals surface area (Å²) in [6.07, 6.45) is 0.781. The van der Waals surface area contributed by atoms with Crippen LogP contribution in [-0.2, 0) is 4.74 Å². The lowest BCUT2D eigenvalue weighted by atomic mass is 10.3. The van der Waals surface area contributed by atoms with E-state index in [4.69, 9.17) is 4.74 Å². The van der Waals surface area contributed by atoms with E-state index >= 15 is 0 Å². The first-order valence-electron chi connectivity index (χ1n) is 2.93. The van der Waals surface area contributed by atoms with Gasteiger partial charge in [-0.15, -0.1) is 0 Å². The number of ether oxygens (including phenoxy) is 1. The van der Waals surface area contributed by atoms with Gasteiger partial charge < -0.3 is 8.62 Å². The van der Waals surface area contributed by atoms with Crippen LogP contribution >= 0.6 is 0 Å². The van der Waals surface area contributed by atoms with Crippen LogP contribution in [0.5, 0.6) is 0 Å². The van der Waals surface area contributed by atoms with Crippen molar-refractivity contribution < 1.29 is 9.53 Å². The molecular formula is C5H8AlNO2. The Morgan fingerprint density at radius 1 is 1.89 bits per heavy atom. The van der Waals surface area contributed by atoms with Crippen LogP contribution in [-0.4, -0.2) is 39.1 Å². The van der Waals surface area contributed by atoms with Crippen molar-refractivity contribution >= 4 is 22.6 Å². The highest BCUT2D eigenvalue weighted by molar-refractivity contribution is 6.12. The lowest BCUT2D eigenvalue weighted by Crippen LogP contribution is -2.39. The molecule has 0 spiro atoms. The van der Waals surface area contributed by atoms with Crippen molar-refractivity contribution in [1.29, 1.82) is 0 Å². The zero-order chi connectivity index (χ0) is 6.85. The first-order chi connectivity index (χ1) is 4.20. The summed E-state index contributed by atoms with van der Waals surface area (Å²) >= 11 is 2.32. The Morgan fingerprint density at radius 2 is 2.56 bits per heavy atom. The van der Waals surface area contributed by atoms with E-state index in [1.54, 1.807) is 0 Å². The molecule has 0 bridgehead atoms. The molecule has 1 aliphatic heterocycles. The summed E-state index contributed by atoms with van der Waals surface area (Å²) in [5.41, 5.74) is 0. The summed E-state index contributed by atoms with van der Waals surface area (Å²) in [6, 6.07) is 0. The zero-order valence-corrected chi connectivity index (χ0v) is 6.49. The van der Waals surface area contributed by atoms with Crippen LogP contribution in [0.2, 0.25) is 0 Å². The van der Waals surface area contributed by atoms with E-state index in [0.29, 0.717) is 0 Å². The van der Waals surface area contributed by atoms with E-state index in [-0.39, 0.29) is 12.2 Å². The van der Waals surface area contributed by atoms with Gasteiger partial charge in [-0.05, 0) is 13.3 Å². The second-order valence-electron chi connectivity index (χ2n) is 2.18. The number of carbonyl (C=O) groups excluding carboxylic acids is 1. The first-order valence-corrected chi connectivity index (χ1v) is 3.44. The van der Waals surface area contributed by atoms with Gasteiger partial charge in [0.1, 0.15) is 6.10 Å². The summed E-state index contributed by atoms with van der Waals surface area (Å²) in [4.78, 5) is 10.7. The average molecular weight is 141 g/mol. The number of nitrogens with zero attached hydrogens (tertiary/aromatic N) is 1. The van der Waals surface area contributed by atoms with Crippen LogP contribution < -0.4 is 0 Å². The van der Waals surface area contributed by atoms with Gasteiger partial charge in [0, 0.05) is 6.54 Å². The molecule has 3 nitrogen and oxygen atoms in total. The molecule has 48 valence electrons. The number of amides is 1. The predicted molar refractivity (Wildman–Crippen MR) is 33.0 cm³/mol. The highest BCUT2D eigenvalue weighted by atomic mass is 27.1. The molecule has 2 radical (unpaired) electrons. The number of hydrogen-bond donors (Lipinski definition) is 0. The van der Waals surface area contributed by atoms with Crippen molar-refractivity contribution in [2.45, 2.75) is 19.4 Å². The quantitative estimate of drug-likeness (QED) is 0.454. The minimum Gasteiger partial charge on any atom is -0.448 e. The van der Waals surface area contributed by atoms with Gasteiger partial charge in [0.05, 0.1) is 0 Å². The predicted octanol–water partition coefficient (Wildman–Crippen LogP) is 0.301. The number of cyclic esters (lactones) is 1. The molecule has 1 atom stereocenters. The van der Waals surface area contributed by atoms with E-state index < -0.39 is 0 Å². The van der Waals surface area contributed by atoms with Gasteiger partial charge in [0.15, 0.2) is 0 Å². The molecule has 0 aromatic rings. The van der Waals surface area contributed by atoms with Crippen molar-refractivity contribution in [2.24, 2.45) is 0 Å². The SMILES string of the molecule is CC1CC[N]([Al])C(=O)O1. The topological polar surface area (TPSA) is 29.5 Å². The minimum atomic E-state index is -0.237. The third kappa shape index (κ3) is 1.60. The van der Waals surface area contributed by atoms with E-state index in [0.717, 1.165) is 13.0 Å². The zero-order valence-electron chi connectivity index (χ0n) is 5.33. The van der Waals surface area contributed by atoms with Crippen LogP contribution in [0.25, 0.3) is 0 Å². The highest BCUT2D eigenvalue weighted by Crippen LogP contribution is 2.07. The van der Waals surface area contributed by atoms with Gasteiger partial charge in [0.2, 0.25) is 0 Å². The summed E-state index contributed by atoms with van der Waals surface area (Å²) in [5, 5.41) is 0. The third-order valence-corrected chi connectivity index (χ3v) is 1.78. The molecule has 0 aliphatic carbocycles. The van der Waals surface area contributed by atoms with Gasteiger partial charge >= 0.3 is 22.6 Å². The molecule has 0 saturated carbocycles. The second kappa shape index (κ2) is 2.59. The summed E-state index contributed by atoms with van der Waals surface area (Å²) in [5.74, 6) is 0. The van der Waals surface area contributed by atoms with Crippen LogP contribution in [0.1, 0.15) is 13.3 Å². The smallest absolute Gasteiger partial charge is 0.384 e. The molecule has 4 heteroatoms. The lowest BCUT2D eigenvalue weighted by molar-refractivity contribution is 0.0583. The van der Waals surface area contributed by atoms with Gasteiger partial charge in [-0.3, -0.25) is 0 Å². The normalized spacial score (nSPS) is 27.9. The molecular weight excluding hydrogens is 133 g/mol. The van der Waals surface area contributed by atoms with Gasteiger partial charge in [-0.1, -0.05) is 0 Å². The van der Waals surface area contributed by atoms with Gasteiger partial charge in [-0.25, -0.2) is 4.79 Å². The fourth-order valence-electron chi connectivity index (χ4n) is 0.711. The van der Waals surface area contributed by atoms with Crippen LogP contribution in [0, 0.1) is 0 Å². The largest absolute Gasteiger partial charge is 0.448 e. The van der Waals surface area contributed by atoms with Crippen molar-refractivity contribution in [3.8, 4) is 0 Å². The Balaban J connectivity index is 2.44. The van der Waals surface area contributed by atoms with Crippen LogP contribution in [0.15, 0.2) is 0 Å². The van der Waals surface area contributed by atoms with Crippen molar-refractivity contribution in [1.82, 2.24) is 3.88 Å². The number of rotatable bonds is 0. The molecule has 1 fully saturated rings. The Kier molecular flexibility index (Phi) is 1.99. The highest BCUT2D eigenvalue weighted by Gasteiger charge is 2.18. The molecule has 0 aromatic heterocycles. The van der Waals surface area contributed by atoms with Crippen molar-refractivity contribution in [2.75, 3.05) is 6.54 Å². The monoisotopic (exact) mass is 141 g/mol. The Bertz CT molecular complexity index is 128. The summed E-state index contributed by atoms with van der Waals surface area (Å²) in [6.45, 7) is 2.68. The minimum absolute atomic E-state index is 0.0919. The van der Waals surface area contributed by atoms with Crippen LogP contribution in [0.3, 0.4) is 0 Å². The third-order valence-electron chi connectivity index (χ3n) is 1.31. The maximum absolute atomic E-state index is 10.7.